The summed E-state index contributed by atoms with van der Waals surface area (Å²) in [6.07, 6.45) is 3.88. The molecule has 0 aliphatic carbocycles. The van der Waals surface area contributed by atoms with E-state index in [9.17, 15) is 10.1 Å². The van der Waals surface area contributed by atoms with Crippen LogP contribution in [0.5, 0.6) is 0 Å². The standard InChI is InChI=1S/C26H25N3O2/c1-2-24(30)29-20(16-27)15-22-21-5-3-4-6-23(21)28-25(22)26(29)19-9-7-17(8-10-19)18-11-13-31-14-12-18/h2-10,18,20,26,28H,1,11-15H2/t20-,26+/m1/s1. The number of nitrogens with one attached hydrogen (secondary N) is 1. The van der Waals surface area contributed by atoms with E-state index in [4.69, 9.17) is 4.74 Å². The van der Waals surface area contributed by atoms with Gasteiger partial charge < -0.3 is 14.6 Å². The fourth-order valence-electron chi connectivity index (χ4n) is 5.09. The third-order valence-corrected chi connectivity index (χ3v) is 6.65. The van der Waals surface area contributed by atoms with Crippen LogP contribution in [0.25, 0.3) is 10.9 Å². The van der Waals surface area contributed by atoms with Crippen LogP contribution in [0.4, 0.5) is 0 Å². The zero-order valence-corrected chi connectivity index (χ0v) is 17.4. The van der Waals surface area contributed by atoms with E-state index in [0.717, 1.165) is 53.8 Å². The van der Waals surface area contributed by atoms with Gasteiger partial charge in [0.1, 0.15) is 6.04 Å². The van der Waals surface area contributed by atoms with Gasteiger partial charge in [0.2, 0.25) is 5.91 Å². The van der Waals surface area contributed by atoms with E-state index in [1.165, 1.54) is 11.6 Å². The fourth-order valence-corrected chi connectivity index (χ4v) is 5.09. The van der Waals surface area contributed by atoms with Crippen LogP contribution < -0.4 is 0 Å². The lowest BCUT2D eigenvalue weighted by Gasteiger charge is -2.39. The van der Waals surface area contributed by atoms with Gasteiger partial charge in [0, 0.05) is 36.2 Å². The van der Waals surface area contributed by atoms with Crippen LogP contribution in [-0.2, 0) is 16.0 Å². The number of aromatic nitrogens is 1. The molecular formula is C26H25N3O2. The summed E-state index contributed by atoms with van der Waals surface area (Å²) < 4.78 is 5.50. The molecule has 1 fully saturated rings. The van der Waals surface area contributed by atoms with Gasteiger partial charge in [-0.2, -0.15) is 5.26 Å². The topological polar surface area (TPSA) is 69.1 Å². The molecule has 156 valence electrons. The molecule has 0 radical (unpaired) electrons. The number of carbonyl (C=O) groups is 1. The molecule has 5 rings (SSSR count). The van der Waals surface area contributed by atoms with Gasteiger partial charge in [-0.05, 0) is 47.6 Å². The number of hydrogen-bond acceptors (Lipinski definition) is 3. The smallest absolute Gasteiger partial charge is 0.247 e. The van der Waals surface area contributed by atoms with Crippen molar-refractivity contribution in [2.24, 2.45) is 0 Å². The molecule has 2 aromatic carbocycles. The molecule has 2 atom stereocenters. The Morgan fingerprint density at radius 3 is 2.55 bits per heavy atom. The molecule has 5 heteroatoms. The number of amides is 1. The Hall–Kier alpha value is -3.36. The summed E-state index contributed by atoms with van der Waals surface area (Å²) >= 11 is 0. The van der Waals surface area contributed by atoms with Crippen molar-refractivity contribution in [3.8, 4) is 6.07 Å². The molecule has 0 bridgehead atoms. The van der Waals surface area contributed by atoms with Crippen LogP contribution in [0, 0.1) is 11.3 Å². The first kappa shape index (κ1) is 19.6. The van der Waals surface area contributed by atoms with Crippen LogP contribution in [-0.4, -0.2) is 35.0 Å². The number of benzene rings is 2. The van der Waals surface area contributed by atoms with Crippen LogP contribution in [0.15, 0.2) is 61.2 Å². The molecule has 0 spiro atoms. The van der Waals surface area contributed by atoms with Gasteiger partial charge in [0.15, 0.2) is 0 Å². The average Bonchev–Trinajstić information content (AvgIpc) is 3.21. The van der Waals surface area contributed by atoms with Crippen molar-refractivity contribution in [3.05, 3.63) is 83.6 Å². The second-order valence-corrected chi connectivity index (χ2v) is 8.32. The third kappa shape index (κ3) is 3.34. The van der Waals surface area contributed by atoms with Crippen molar-refractivity contribution in [2.75, 3.05) is 13.2 Å². The number of nitriles is 1. The normalized spacial score (nSPS) is 21.5. The minimum absolute atomic E-state index is 0.227. The molecular weight excluding hydrogens is 386 g/mol. The molecule has 5 nitrogen and oxygen atoms in total. The molecule has 0 unspecified atom stereocenters. The molecule has 0 saturated carbocycles. The fraction of sp³-hybridized carbons (Fsp3) is 0.308. The second kappa shape index (κ2) is 8.05. The van der Waals surface area contributed by atoms with Gasteiger partial charge in [0.25, 0.3) is 0 Å². The van der Waals surface area contributed by atoms with Crippen molar-refractivity contribution in [3.63, 3.8) is 0 Å². The Balaban J connectivity index is 1.62. The first-order valence-electron chi connectivity index (χ1n) is 10.8. The SMILES string of the molecule is C=CC(=O)N1[C@@H](c2ccc(C3CCOCC3)cc2)c2[nH]c3ccccc3c2C[C@@H]1C#N. The third-order valence-electron chi connectivity index (χ3n) is 6.65. The molecule has 1 saturated heterocycles. The maximum absolute atomic E-state index is 12.9. The number of aromatic amines is 1. The lowest BCUT2D eigenvalue weighted by Crippen LogP contribution is -2.46. The molecule has 31 heavy (non-hydrogen) atoms. The highest BCUT2D eigenvalue weighted by Crippen LogP contribution is 2.41. The van der Waals surface area contributed by atoms with Crippen LogP contribution >= 0.6 is 0 Å². The average molecular weight is 412 g/mol. The lowest BCUT2D eigenvalue weighted by molar-refractivity contribution is -0.129. The van der Waals surface area contributed by atoms with E-state index in [0.29, 0.717) is 12.3 Å². The van der Waals surface area contributed by atoms with Crippen molar-refractivity contribution in [1.29, 1.82) is 5.26 Å². The summed E-state index contributed by atoms with van der Waals surface area (Å²) in [7, 11) is 0. The van der Waals surface area contributed by atoms with E-state index in [2.05, 4.69) is 48.0 Å². The van der Waals surface area contributed by atoms with Gasteiger partial charge in [-0.25, -0.2) is 0 Å². The number of H-pyrrole nitrogens is 1. The van der Waals surface area contributed by atoms with Crippen molar-refractivity contribution in [1.82, 2.24) is 9.88 Å². The highest BCUT2D eigenvalue weighted by molar-refractivity contribution is 5.90. The van der Waals surface area contributed by atoms with Gasteiger partial charge in [0.05, 0.1) is 12.1 Å². The summed E-state index contributed by atoms with van der Waals surface area (Å²) in [5.74, 6) is 0.282. The number of para-hydroxylation sites is 1. The van der Waals surface area contributed by atoms with Crippen molar-refractivity contribution >= 4 is 16.8 Å². The first-order valence-corrected chi connectivity index (χ1v) is 10.8. The van der Waals surface area contributed by atoms with E-state index in [1.54, 1.807) is 4.90 Å². The number of fused-ring (bicyclic) bond motifs is 3. The second-order valence-electron chi connectivity index (χ2n) is 8.32. The Bertz CT molecular complexity index is 1170. The summed E-state index contributed by atoms with van der Waals surface area (Å²) in [4.78, 5) is 18.1. The largest absolute Gasteiger partial charge is 0.381 e. The van der Waals surface area contributed by atoms with Crippen LogP contribution in [0.2, 0.25) is 0 Å². The monoisotopic (exact) mass is 411 g/mol. The number of ether oxygens (including phenoxy) is 1. The van der Waals surface area contributed by atoms with E-state index < -0.39 is 6.04 Å². The Morgan fingerprint density at radius 2 is 1.84 bits per heavy atom. The Morgan fingerprint density at radius 1 is 1.13 bits per heavy atom. The maximum atomic E-state index is 12.9. The van der Waals surface area contributed by atoms with Crippen molar-refractivity contribution in [2.45, 2.75) is 37.3 Å². The minimum Gasteiger partial charge on any atom is -0.381 e. The van der Waals surface area contributed by atoms with Crippen molar-refractivity contribution < 1.29 is 9.53 Å². The summed E-state index contributed by atoms with van der Waals surface area (Å²) in [6, 6.07) is 18.1. The number of hydrogen-bond donors (Lipinski definition) is 1. The molecule has 1 aromatic heterocycles. The molecule has 2 aliphatic heterocycles. The van der Waals surface area contributed by atoms with E-state index in [-0.39, 0.29) is 11.9 Å². The molecule has 3 heterocycles. The molecule has 3 aromatic rings. The number of carbonyl (C=O) groups excluding carboxylic acids is 1. The van der Waals surface area contributed by atoms with Gasteiger partial charge >= 0.3 is 0 Å². The number of nitrogens with zero attached hydrogens (tertiary/aromatic N) is 2. The van der Waals surface area contributed by atoms with Crippen LogP contribution in [0.3, 0.4) is 0 Å². The zero-order valence-electron chi connectivity index (χ0n) is 17.4. The van der Waals surface area contributed by atoms with Gasteiger partial charge in [-0.1, -0.05) is 49.0 Å². The number of rotatable bonds is 3. The van der Waals surface area contributed by atoms with E-state index >= 15 is 0 Å². The highest BCUT2D eigenvalue weighted by atomic mass is 16.5. The predicted molar refractivity (Wildman–Crippen MR) is 120 cm³/mol. The maximum Gasteiger partial charge on any atom is 0.247 e. The highest BCUT2D eigenvalue weighted by Gasteiger charge is 2.39. The predicted octanol–water partition coefficient (Wildman–Crippen LogP) is 4.61. The molecule has 2 aliphatic rings. The summed E-state index contributed by atoms with van der Waals surface area (Å²) in [6.45, 7) is 5.29. The van der Waals surface area contributed by atoms with Gasteiger partial charge in [-0.15, -0.1) is 0 Å². The van der Waals surface area contributed by atoms with E-state index in [1.807, 2.05) is 18.2 Å². The first-order chi connectivity index (χ1) is 15.2. The lowest BCUT2D eigenvalue weighted by atomic mass is 9.86. The van der Waals surface area contributed by atoms with Gasteiger partial charge in [-0.3, -0.25) is 4.79 Å². The summed E-state index contributed by atoms with van der Waals surface area (Å²) in [5, 5.41) is 11.0. The Kier molecular flexibility index (Phi) is 5.09. The Labute approximate surface area is 181 Å². The quantitative estimate of drug-likeness (QED) is 0.640. The van der Waals surface area contributed by atoms with Crippen LogP contribution in [0.1, 0.15) is 47.2 Å². The zero-order chi connectivity index (χ0) is 21.4. The minimum atomic E-state index is -0.544. The summed E-state index contributed by atoms with van der Waals surface area (Å²) in [5.41, 5.74) is 5.44. The molecule has 1 amide bonds. The molecule has 1 N–H and O–H groups in total.